The van der Waals surface area contributed by atoms with Gasteiger partial charge in [-0.05, 0) is 12.1 Å². The standard InChI is InChI=1S/C9H12FN3O2/c10-7-5-6(1-2-8(7)14)13-9(15)12-4-3-11/h1-2,5,14H,3-4,11H2,(H2,12,13,15). The fourth-order valence-electron chi connectivity index (χ4n) is 0.946. The Hall–Kier alpha value is -1.82. The van der Waals surface area contributed by atoms with Crippen molar-refractivity contribution in [3.8, 4) is 5.75 Å². The van der Waals surface area contributed by atoms with Crippen LogP contribution in [0.2, 0.25) is 0 Å². The number of benzene rings is 1. The maximum absolute atomic E-state index is 12.8. The number of anilines is 1. The second-order valence-electron chi connectivity index (χ2n) is 2.84. The molecule has 1 aromatic rings. The molecule has 0 aliphatic heterocycles. The first-order valence-electron chi connectivity index (χ1n) is 4.37. The maximum atomic E-state index is 12.8. The van der Waals surface area contributed by atoms with Crippen LogP contribution in [-0.2, 0) is 0 Å². The lowest BCUT2D eigenvalue weighted by Crippen LogP contribution is -2.32. The van der Waals surface area contributed by atoms with E-state index in [1.165, 1.54) is 6.07 Å². The lowest BCUT2D eigenvalue weighted by Gasteiger charge is -2.06. The number of halogens is 1. The van der Waals surface area contributed by atoms with E-state index in [0.717, 1.165) is 12.1 Å². The molecule has 0 unspecified atom stereocenters. The van der Waals surface area contributed by atoms with Gasteiger partial charge in [-0.25, -0.2) is 9.18 Å². The Morgan fingerprint density at radius 3 is 2.87 bits per heavy atom. The van der Waals surface area contributed by atoms with Crippen molar-refractivity contribution in [3.63, 3.8) is 0 Å². The van der Waals surface area contributed by atoms with Gasteiger partial charge in [-0.15, -0.1) is 0 Å². The Balaban J connectivity index is 2.57. The van der Waals surface area contributed by atoms with E-state index in [-0.39, 0.29) is 5.69 Å². The Kier molecular flexibility index (Phi) is 3.87. The van der Waals surface area contributed by atoms with Crippen molar-refractivity contribution in [3.05, 3.63) is 24.0 Å². The van der Waals surface area contributed by atoms with Crippen molar-refractivity contribution in [2.24, 2.45) is 5.73 Å². The van der Waals surface area contributed by atoms with E-state index in [0.29, 0.717) is 13.1 Å². The highest BCUT2D eigenvalue weighted by atomic mass is 19.1. The number of carbonyl (C=O) groups excluding carboxylic acids is 1. The molecule has 0 saturated heterocycles. The van der Waals surface area contributed by atoms with E-state index >= 15 is 0 Å². The number of aromatic hydroxyl groups is 1. The number of nitrogens with one attached hydrogen (secondary N) is 2. The molecule has 1 rings (SSSR count). The van der Waals surface area contributed by atoms with Crippen LogP contribution >= 0.6 is 0 Å². The third-order valence-corrected chi connectivity index (χ3v) is 1.64. The highest BCUT2D eigenvalue weighted by Gasteiger charge is 2.04. The molecule has 0 saturated carbocycles. The summed E-state index contributed by atoms with van der Waals surface area (Å²) in [6.45, 7) is 0.670. The van der Waals surface area contributed by atoms with Gasteiger partial charge in [-0.1, -0.05) is 0 Å². The van der Waals surface area contributed by atoms with Crippen molar-refractivity contribution < 1.29 is 14.3 Å². The molecule has 0 aliphatic rings. The number of carbonyl (C=O) groups is 1. The molecule has 15 heavy (non-hydrogen) atoms. The molecule has 82 valence electrons. The molecule has 1 aromatic carbocycles. The van der Waals surface area contributed by atoms with Gasteiger partial charge in [0.2, 0.25) is 0 Å². The summed E-state index contributed by atoms with van der Waals surface area (Å²) in [7, 11) is 0. The summed E-state index contributed by atoms with van der Waals surface area (Å²) in [5.74, 6) is -1.24. The Morgan fingerprint density at radius 1 is 1.53 bits per heavy atom. The maximum Gasteiger partial charge on any atom is 0.319 e. The Labute approximate surface area is 86.1 Å². The summed E-state index contributed by atoms with van der Waals surface area (Å²) in [5.41, 5.74) is 5.44. The molecule has 0 fully saturated rings. The number of urea groups is 1. The average molecular weight is 213 g/mol. The summed E-state index contributed by atoms with van der Waals surface area (Å²) in [6, 6.07) is 3.11. The highest BCUT2D eigenvalue weighted by Crippen LogP contribution is 2.18. The van der Waals surface area contributed by atoms with Gasteiger partial charge in [0.25, 0.3) is 0 Å². The van der Waals surface area contributed by atoms with Gasteiger partial charge in [0.05, 0.1) is 0 Å². The van der Waals surface area contributed by atoms with E-state index in [4.69, 9.17) is 10.8 Å². The van der Waals surface area contributed by atoms with Crippen LogP contribution in [0, 0.1) is 5.82 Å². The molecule has 0 aliphatic carbocycles. The fourth-order valence-corrected chi connectivity index (χ4v) is 0.946. The first-order valence-corrected chi connectivity index (χ1v) is 4.37. The number of phenols is 1. The van der Waals surface area contributed by atoms with Gasteiger partial charge < -0.3 is 21.5 Å². The third-order valence-electron chi connectivity index (χ3n) is 1.64. The number of phenolic OH excluding ortho intramolecular Hbond substituents is 1. The third kappa shape index (κ3) is 3.43. The van der Waals surface area contributed by atoms with Crippen molar-refractivity contribution in [2.75, 3.05) is 18.4 Å². The van der Waals surface area contributed by atoms with Crippen LogP contribution in [0.25, 0.3) is 0 Å². The number of amides is 2. The molecule has 6 heteroatoms. The quantitative estimate of drug-likeness (QED) is 0.555. The van der Waals surface area contributed by atoms with Crippen LogP contribution < -0.4 is 16.4 Å². The predicted molar refractivity (Wildman–Crippen MR) is 54.1 cm³/mol. The number of nitrogens with two attached hydrogens (primary N) is 1. The second-order valence-corrected chi connectivity index (χ2v) is 2.84. The van der Waals surface area contributed by atoms with Crippen LogP contribution in [-0.4, -0.2) is 24.2 Å². The molecule has 2 amide bonds. The van der Waals surface area contributed by atoms with Gasteiger partial charge in [0.15, 0.2) is 11.6 Å². The Bertz CT molecular complexity index is 357. The van der Waals surface area contributed by atoms with Crippen molar-refractivity contribution in [1.82, 2.24) is 5.32 Å². The van der Waals surface area contributed by atoms with E-state index < -0.39 is 17.6 Å². The molecular weight excluding hydrogens is 201 g/mol. The molecule has 0 spiro atoms. The summed E-state index contributed by atoms with van der Waals surface area (Å²) in [4.78, 5) is 11.1. The van der Waals surface area contributed by atoms with Gasteiger partial charge >= 0.3 is 6.03 Å². The van der Waals surface area contributed by atoms with Crippen LogP contribution in [0.1, 0.15) is 0 Å². The predicted octanol–water partition coefficient (Wildman–Crippen LogP) is 0.611. The fraction of sp³-hybridized carbons (Fsp3) is 0.222. The van der Waals surface area contributed by atoms with Crippen LogP contribution in [0.15, 0.2) is 18.2 Å². The number of rotatable bonds is 3. The van der Waals surface area contributed by atoms with Gasteiger partial charge in [-0.3, -0.25) is 0 Å². The SMILES string of the molecule is NCCNC(=O)Nc1ccc(O)c(F)c1. The minimum atomic E-state index is -0.786. The molecular formula is C9H12FN3O2. The molecule has 0 radical (unpaired) electrons. The summed E-state index contributed by atoms with van der Waals surface area (Å²) < 4.78 is 12.8. The van der Waals surface area contributed by atoms with Crippen molar-refractivity contribution in [2.45, 2.75) is 0 Å². The first kappa shape index (κ1) is 11.3. The zero-order valence-electron chi connectivity index (χ0n) is 7.96. The summed E-state index contributed by atoms with van der Waals surface area (Å²) in [5, 5.41) is 13.7. The van der Waals surface area contributed by atoms with Crippen LogP contribution in [0.5, 0.6) is 5.75 Å². The molecule has 5 nitrogen and oxygen atoms in total. The molecule has 5 N–H and O–H groups in total. The number of hydrogen-bond acceptors (Lipinski definition) is 3. The normalized spacial score (nSPS) is 9.73. The first-order chi connectivity index (χ1) is 7.13. The summed E-state index contributed by atoms with van der Waals surface area (Å²) in [6.07, 6.45) is 0. The van der Waals surface area contributed by atoms with E-state index in [1.807, 2.05) is 0 Å². The smallest absolute Gasteiger partial charge is 0.319 e. The van der Waals surface area contributed by atoms with Gasteiger partial charge in [-0.2, -0.15) is 0 Å². The highest BCUT2D eigenvalue weighted by molar-refractivity contribution is 5.89. The van der Waals surface area contributed by atoms with E-state index in [9.17, 15) is 9.18 Å². The minimum Gasteiger partial charge on any atom is -0.505 e. The largest absolute Gasteiger partial charge is 0.505 e. The molecule has 0 aromatic heterocycles. The molecule has 0 heterocycles. The lowest BCUT2D eigenvalue weighted by molar-refractivity contribution is 0.252. The van der Waals surface area contributed by atoms with Gasteiger partial charge in [0, 0.05) is 24.8 Å². The average Bonchev–Trinajstić information content (AvgIpc) is 2.20. The Morgan fingerprint density at radius 2 is 2.27 bits per heavy atom. The second kappa shape index (κ2) is 5.16. The summed E-state index contributed by atoms with van der Waals surface area (Å²) >= 11 is 0. The zero-order valence-corrected chi connectivity index (χ0v) is 7.96. The van der Waals surface area contributed by atoms with Crippen LogP contribution in [0.4, 0.5) is 14.9 Å². The monoisotopic (exact) mass is 213 g/mol. The van der Waals surface area contributed by atoms with Crippen molar-refractivity contribution in [1.29, 1.82) is 0 Å². The minimum absolute atomic E-state index is 0.264. The number of hydrogen-bond donors (Lipinski definition) is 4. The molecule has 0 bridgehead atoms. The van der Waals surface area contributed by atoms with Crippen LogP contribution in [0.3, 0.4) is 0 Å². The van der Waals surface area contributed by atoms with Gasteiger partial charge in [0.1, 0.15) is 0 Å². The van der Waals surface area contributed by atoms with Crippen molar-refractivity contribution >= 4 is 11.7 Å². The zero-order chi connectivity index (χ0) is 11.3. The van der Waals surface area contributed by atoms with E-state index in [2.05, 4.69) is 10.6 Å². The van der Waals surface area contributed by atoms with E-state index in [1.54, 1.807) is 0 Å². The molecule has 0 atom stereocenters. The topological polar surface area (TPSA) is 87.4 Å². The lowest BCUT2D eigenvalue weighted by atomic mass is 10.3.